The molecule has 2 aliphatic heterocycles. The van der Waals surface area contributed by atoms with E-state index in [0.717, 1.165) is 4.90 Å². The van der Waals surface area contributed by atoms with Crippen molar-refractivity contribution in [3.8, 4) is 0 Å². The summed E-state index contributed by atoms with van der Waals surface area (Å²) >= 11 is 0. The number of carboxylic acid groups (broad SMARTS) is 1. The third-order valence-electron chi connectivity index (χ3n) is 6.43. The molecule has 2 heterocycles. The largest absolute Gasteiger partial charge is 0.480 e. The number of carbonyl (C=O) groups is 3. The molecule has 1 saturated heterocycles. The molecule has 144 valence electrons. The molecule has 6 atom stereocenters. The van der Waals surface area contributed by atoms with Gasteiger partial charge in [0.05, 0.1) is 22.5 Å². The van der Waals surface area contributed by atoms with Crippen molar-refractivity contribution in [2.45, 2.75) is 12.5 Å². The van der Waals surface area contributed by atoms with Gasteiger partial charge in [0.25, 0.3) is 5.69 Å². The van der Waals surface area contributed by atoms with Crippen molar-refractivity contribution < 1.29 is 29.3 Å². The second-order valence-electron chi connectivity index (χ2n) is 7.65. The zero-order valence-corrected chi connectivity index (χ0v) is 14.4. The van der Waals surface area contributed by atoms with Crippen LogP contribution in [0, 0.1) is 39.7 Å². The molecular formula is C18H15N3O7. The summed E-state index contributed by atoms with van der Waals surface area (Å²) in [5.41, 5.74) is 1.05. The number of fused-ring (bicyclic) bond motifs is 8. The first-order valence-corrected chi connectivity index (χ1v) is 8.94. The lowest BCUT2D eigenvalue weighted by atomic mass is 9.71. The summed E-state index contributed by atoms with van der Waals surface area (Å²) in [4.78, 5) is 53.5. The Morgan fingerprint density at radius 2 is 1.96 bits per heavy atom. The standard InChI is InChI=1S/C18H15N3O7/c22-11(23)6-20-17(24)12-9-5-10(13(12)18(20)25)16-14(9)15(19-28-16)7-2-1-3-8(4-7)21(26)27/h1-4,9-10,12-14,16H,5-6H2,(H,22,23)/t9-,10+,12-,13+,14-,16-/m1/s1. The van der Waals surface area contributed by atoms with Gasteiger partial charge < -0.3 is 9.94 Å². The van der Waals surface area contributed by atoms with Crippen molar-refractivity contribution in [2.75, 3.05) is 6.54 Å². The van der Waals surface area contributed by atoms with E-state index in [1.807, 2.05) is 0 Å². The predicted molar refractivity (Wildman–Crippen MR) is 90.9 cm³/mol. The molecule has 4 aliphatic rings. The monoisotopic (exact) mass is 385 g/mol. The van der Waals surface area contributed by atoms with E-state index in [2.05, 4.69) is 5.16 Å². The van der Waals surface area contributed by atoms with Gasteiger partial charge in [-0.1, -0.05) is 17.3 Å². The second-order valence-corrected chi connectivity index (χ2v) is 7.65. The van der Waals surface area contributed by atoms with Crippen molar-refractivity contribution in [1.29, 1.82) is 0 Å². The molecule has 28 heavy (non-hydrogen) atoms. The summed E-state index contributed by atoms with van der Waals surface area (Å²) in [5.74, 6) is -3.93. The van der Waals surface area contributed by atoms with Gasteiger partial charge >= 0.3 is 5.97 Å². The molecule has 1 aromatic carbocycles. The molecule has 2 amide bonds. The number of amides is 2. The van der Waals surface area contributed by atoms with Crippen molar-refractivity contribution >= 4 is 29.2 Å². The molecule has 2 aliphatic carbocycles. The fourth-order valence-electron chi connectivity index (χ4n) is 5.50. The van der Waals surface area contributed by atoms with Gasteiger partial charge in [-0.05, 0) is 12.3 Å². The van der Waals surface area contributed by atoms with Gasteiger partial charge in [-0.15, -0.1) is 0 Å². The number of hydrogen-bond acceptors (Lipinski definition) is 7. The van der Waals surface area contributed by atoms with Crippen molar-refractivity contribution in [3.63, 3.8) is 0 Å². The maximum atomic E-state index is 12.8. The molecule has 1 N–H and O–H groups in total. The maximum Gasteiger partial charge on any atom is 0.323 e. The zero-order chi connectivity index (χ0) is 19.7. The molecule has 0 radical (unpaired) electrons. The smallest absolute Gasteiger partial charge is 0.323 e. The highest BCUT2D eigenvalue weighted by Gasteiger charge is 2.70. The number of aliphatic carboxylic acids is 1. The molecule has 10 heteroatoms. The average Bonchev–Trinajstić information content (AvgIpc) is 3.38. The van der Waals surface area contributed by atoms with Crippen LogP contribution in [0.25, 0.3) is 0 Å². The molecule has 2 saturated carbocycles. The van der Waals surface area contributed by atoms with Gasteiger partial charge in [0, 0.05) is 29.5 Å². The highest BCUT2D eigenvalue weighted by molar-refractivity contribution is 6.10. The molecule has 3 fully saturated rings. The summed E-state index contributed by atoms with van der Waals surface area (Å²) in [7, 11) is 0. The van der Waals surface area contributed by atoms with E-state index in [1.54, 1.807) is 12.1 Å². The lowest BCUT2D eigenvalue weighted by molar-refractivity contribution is -0.384. The Kier molecular flexibility index (Phi) is 3.37. The Morgan fingerprint density at radius 1 is 1.25 bits per heavy atom. The predicted octanol–water partition coefficient (Wildman–Crippen LogP) is 0.649. The van der Waals surface area contributed by atoms with Crippen molar-refractivity contribution in [1.82, 2.24) is 4.90 Å². The van der Waals surface area contributed by atoms with E-state index >= 15 is 0 Å². The SMILES string of the molecule is O=C(O)CN1C(=O)[C@@H]2[C@H]3C[C@H]([C@H]4ON=C(c5cccc([N+](=O)[O-])c5)[C@@H]34)[C@@H]2C1=O. The number of rotatable bonds is 4. The van der Waals surface area contributed by atoms with E-state index < -0.39 is 41.1 Å². The molecule has 2 bridgehead atoms. The lowest BCUT2D eigenvalue weighted by Crippen LogP contribution is -2.41. The van der Waals surface area contributed by atoms with Gasteiger partial charge in [-0.3, -0.25) is 29.4 Å². The first-order valence-electron chi connectivity index (χ1n) is 8.94. The van der Waals surface area contributed by atoms with Crippen LogP contribution in [0.4, 0.5) is 5.69 Å². The molecular weight excluding hydrogens is 370 g/mol. The van der Waals surface area contributed by atoms with Gasteiger partial charge in [-0.2, -0.15) is 0 Å². The van der Waals surface area contributed by atoms with Crippen LogP contribution >= 0.6 is 0 Å². The Balaban J connectivity index is 1.47. The summed E-state index contributed by atoms with van der Waals surface area (Å²) in [6, 6.07) is 6.08. The lowest BCUT2D eigenvalue weighted by Gasteiger charge is -2.29. The topological polar surface area (TPSA) is 139 Å². The molecule has 0 spiro atoms. The number of carbonyl (C=O) groups excluding carboxylic acids is 2. The van der Waals surface area contributed by atoms with Gasteiger partial charge in [0.1, 0.15) is 12.6 Å². The van der Waals surface area contributed by atoms with Crippen LogP contribution in [0.1, 0.15) is 12.0 Å². The number of nitro benzene ring substituents is 1. The first-order chi connectivity index (χ1) is 13.4. The van der Waals surface area contributed by atoms with Crippen LogP contribution in [0.5, 0.6) is 0 Å². The fraction of sp³-hybridized carbons (Fsp3) is 0.444. The van der Waals surface area contributed by atoms with E-state index in [-0.39, 0.29) is 29.5 Å². The summed E-state index contributed by atoms with van der Waals surface area (Å²) in [6.45, 7) is -0.633. The average molecular weight is 385 g/mol. The molecule has 5 rings (SSSR count). The molecule has 1 aromatic rings. The number of benzene rings is 1. The number of hydrogen-bond donors (Lipinski definition) is 1. The zero-order valence-electron chi connectivity index (χ0n) is 14.4. The first kappa shape index (κ1) is 16.8. The number of oxime groups is 1. The molecule has 0 aromatic heterocycles. The van der Waals surface area contributed by atoms with Crippen LogP contribution in [-0.2, 0) is 19.2 Å². The quantitative estimate of drug-likeness (QED) is 0.456. The minimum Gasteiger partial charge on any atom is -0.480 e. The van der Waals surface area contributed by atoms with Crippen molar-refractivity contribution in [2.24, 2.45) is 34.7 Å². The van der Waals surface area contributed by atoms with Crippen LogP contribution in [0.2, 0.25) is 0 Å². The van der Waals surface area contributed by atoms with Crippen LogP contribution in [0.3, 0.4) is 0 Å². The van der Waals surface area contributed by atoms with Crippen LogP contribution < -0.4 is 0 Å². The fourth-order valence-corrected chi connectivity index (χ4v) is 5.50. The number of non-ortho nitro benzene ring substituents is 1. The number of nitrogens with zero attached hydrogens (tertiary/aromatic N) is 3. The number of likely N-dealkylation sites (tertiary alicyclic amines) is 1. The minimum absolute atomic E-state index is 0.0653. The van der Waals surface area contributed by atoms with E-state index in [1.165, 1.54) is 12.1 Å². The summed E-state index contributed by atoms with van der Waals surface area (Å²) in [5, 5.41) is 24.2. The third kappa shape index (κ3) is 2.08. The van der Waals surface area contributed by atoms with E-state index in [4.69, 9.17) is 9.94 Å². The Morgan fingerprint density at radius 3 is 2.64 bits per heavy atom. The van der Waals surface area contributed by atoms with Gasteiger partial charge in [-0.25, -0.2) is 0 Å². The molecule has 0 unspecified atom stereocenters. The minimum atomic E-state index is -1.23. The van der Waals surface area contributed by atoms with Crippen LogP contribution in [-0.4, -0.2) is 51.1 Å². The summed E-state index contributed by atoms with van der Waals surface area (Å²) < 4.78 is 0. The highest BCUT2D eigenvalue weighted by Crippen LogP contribution is 2.61. The molecule has 10 nitrogen and oxygen atoms in total. The second kappa shape index (κ2) is 5.60. The Bertz CT molecular complexity index is 974. The van der Waals surface area contributed by atoms with Gasteiger partial charge in [0.2, 0.25) is 11.8 Å². The number of carboxylic acids is 1. The highest BCUT2D eigenvalue weighted by atomic mass is 16.6. The van der Waals surface area contributed by atoms with Gasteiger partial charge in [0.15, 0.2) is 0 Å². The normalized spacial score (nSPS) is 34.9. The third-order valence-corrected chi connectivity index (χ3v) is 6.43. The van der Waals surface area contributed by atoms with E-state index in [9.17, 15) is 24.5 Å². The van der Waals surface area contributed by atoms with Crippen LogP contribution in [0.15, 0.2) is 29.4 Å². The number of imide groups is 1. The Labute approximate surface area is 157 Å². The summed E-state index contributed by atoms with van der Waals surface area (Å²) in [6.07, 6.45) is 0.249. The van der Waals surface area contributed by atoms with E-state index in [0.29, 0.717) is 17.7 Å². The maximum absolute atomic E-state index is 12.8. The van der Waals surface area contributed by atoms with Crippen molar-refractivity contribution in [3.05, 3.63) is 39.9 Å². The Hall–Kier alpha value is -3.30. The number of nitro groups is 1.